The maximum atomic E-state index is 3.98. The first-order valence-electron chi connectivity index (χ1n) is 5.41. The largest absolute Gasteiger partial charge is 0.308 e. The van der Waals surface area contributed by atoms with Crippen LogP contribution in [0.2, 0.25) is 0 Å². The van der Waals surface area contributed by atoms with Gasteiger partial charge in [-0.2, -0.15) is 0 Å². The van der Waals surface area contributed by atoms with Crippen LogP contribution in [0.1, 0.15) is 37.9 Å². The maximum Gasteiger partial charge on any atom is 0.0756 e. The molecule has 0 bridgehead atoms. The van der Waals surface area contributed by atoms with E-state index in [-0.39, 0.29) is 0 Å². The lowest BCUT2D eigenvalue weighted by molar-refractivity contribution is 0.450. The Morgan fingerprint density at radius 3 is 2.93 bits per heavy atom. The fraction of sp³-hybridized carbons (Fsp3) is 0.800. The van der Waals surface area contributed by atoms with Crippen LogP contribution in [0.15, 0.2) is 6.20 Å². The predicted octanol–water partition coefficient (Wildman–Crippen LogP) is 1.27. The molecule has 0 saturated heterocycles. The van der Waals surface area contributed by atoms with E-state index in [9.17, 15) is 0 Å². The van der Waals surface area contributed by atoms with Gasteiger partial charge >= 0.3 is 0 Å². The average molecular weight is 194 g/mol. The van der Waals surface area contributed by atoms with Gasteiger partial charge in [-0.05, 0) is 31.7 Å². The lowest BCUT2D eigenvalue weighted by Gasteiger charge is -2.17. The minimum absolute atomic E-state index is 0.468. The third kappa shape index (κ3) is 1.95. The van der Waals surface area contributed by atoms with Crippen molar-refractivity contribution in [2.45, 2.75) is 32.2 Å². The topological polar surface area (TPSA) is 42.7 Å². The Kier molecular flexibility index (Phi) is 2.82. The van der Waals surface area contributed by atoms with E-state index in [4.69, 9.17) is 0 Å². The number of rotatable bonds is 5. The molecule has 1 saturated carbocycles. The molecule has 4 heteroatoms. The van der Waals surface area contributed by atoms with E-state index < -0.39 is 0 Å². The molecule has 0 radical (unpaired) electrons. The van der Waals surface area contributed by atoms with Gasteiger partial charge in [-0.3, -0.25) is 4.68 Å². The molecule has 0 aliphatic heterocycles. The Labute approximate surface area is 84.7 Å². The van der Waals surface area contributed by atoms with E-state index >= 15 is 0 Å². The zero-order chi connectivity index (χ0) is 9.97. The summed E-state index contributed by atoms with van der Waals surface area (Å²) in [5, 5.41) is 11.5. The molecule has 1 atom stereocenters. The van der Waals surface area contributed by atoms with Crippen LogP contribution < -0.4 is 5.32 Å². The molecule has 1 aromatic heterocycles. The van der Waals surface area contributed by atoms with Crippen LogP contribution in [-0.2, 0) is 7.05 Å². The van der Waals surface area contributed by atoms with Gasteiger partial charge in [0, 0.05) is 7.05 Å². The van der Waals surface area contributed by atoms with Crippen LogP contribution in [-0.4, -0.2) is 21.5 Å². The normalized spacial score (nSPS) is 18.4. The van der Waals surface area contributed by atoms with Crippen LogP contribution >= 0.6 is 0 Å². The van der Waals surface area contributed by atoms with Gasteiger partial charge in [0.15, 0.2) is 0 Å². The zero-order valence-corrected chi connectivity index (χ0v) is 8.90. The third-order valence-corrected chi connectivity index (χ3v) is 2.78. The summed E-state index contributed by atoms with van der Waals surface area (Å²) < 4.78 is 1.88. The first-order valence-corrected chi connectivity index (χ1v) is 5.41. The van der Waals surface area contributed by atoms with Crippen LogP contribution in [0.3, 0.4) is 0 Å². The Hall–Kier alpha value is -0.900. The molecule has 1 unspecified atom stereocenters. The van der Waals surface area contributed by atoms with Gasteiger partial charge in [0.05, 0.1) is 17.9 Å². The van der Waals surface area contributed by atoms with Crippen molar-refractivity contribution in [1.82, 2.24) is 20.3 Å². The first-order chi connectivity index (χ1) is 6.83. The molecule has 0 aromatic carbocycles. The van der Waals surface area contributed by atoms with Gasteiger partial charge in [0.2, 0.25) is 0 Å². The SMILES string of the molecule is CCCNC(c1cnnn1C)C1CC1. The second kappa shape index (κ2) is 4.09. The van der Waals surface area contributed by atoms with Crippen molar-refractivity contribution in [3.63, 3.8) is 0 Å². The van der Waals surface area contributed by atoms with Crippen LogP contribution in [0.4, 0.5) is 0 Å². The summed E-state index contributed by atoms with van der Waals surface area (Å²) in [6.45, 7) is 3.27. The highest BCUT2D eigenvalue weighted by Gasteiger charge is 2.33. The van der Waals surface area contributed by atoms with E-state index in [1.54, 1.807) is 0 Å². The molecule has 0 amide bonds. The summed E-state index contributed by atoms with van der Waals surface area (Å²) in [6.07, 6.45) is 5.74. The second-order valence-electron chi connectivity index (χ2n) is 4.05. The summed E-state index contributed by atoms with van der Waals surface area (Å²) >= 11 is 0. The molecule has 2 rings (SSSR count). The Morgan fingerprint density at radius 1 is 1.64 bits per heavy atom. The number of aryl methyl sites for hydroxylation is 1. The van der Waals surface area contributed by atoms with E-state index in [1.165, 1.54) is 25.0 Å². The number of hydrogen-bond donors (Lipinski definition) is 1. The molecule has 1 aliphatic rings. The van der Waals surface area contributed by atoms with Gasteiger partial charge in [-0.25, -0.2) is 0 Å². The van der Waals surface area contributed by atoms with Crippen molar-refractivity contribution >= 4 is 0 Å². The molecular weight excluding hydrogens is 176 g/mol. The quantitative estimate of drug-likeness (QED) is 0.767. The van der Waals surface area contributed by atoms with E-state index in [1.807, 2.05) is 17.9 Å². The second-order valence-corrected chi connectivity index (χ2v) is 4.05. The summed E-state index contributed by atoms with van der Waals surface area (Å²) in [6, 6.07) is 0.468. The van der Waals surface area contributed by atoms with E-state index in [2.05, 4.69) is 22.6 Å². The minimum atomic E-state index is 0.468. The lowest BCUT2D eigenvalue weighted by atomic mass is 10.1. The van der Waals surface area contributed by atoms with Crippen LogP contribution in [0.25, 0.3) is 0 Å². The average Bonchev–Trinajstić information content (AvgIpc) is 2.92. The molecule has 1 heterocycles. The maximum absolute atomic E-state index is 3.98. The highest BCUT2D eigenvalue weighted by Crippen LogP contribution is 2.40. The smallest absolute Gasteiger partial charge is 0.0756 e. The van der Waals surface area contributed by atoms with Crippen molar-refractivity contribution in [3.8, 4) is 0 Å². The first kappa shape index (κ1) is 9.65. The lowest BCUT2D eigenvalue weighted by Crippen LogP contribution is -2.25. The van der Waals surface area contributed by atoms with Gasteiger partial charge in [-0.1, -0.05) is 12.1 Å². The van der Waals surface area contributed by atoms with Gasteiger partial charge in [0.1, 0.15) is 0 Å². The van der Waals surface area contributed by atoms with Gasteiger partial charge in [0.25, 0.3) is 0 Å². The van der Waals surface area contributed by atoms with Crippen LogP contribution in [0.5, 0.6) is 0 Å². The molecule has 1 N–H and O–H groups in total. The third-order valence-electron chi connectivity index (χ3n) is 2.78. The highest BCUT2D eigenvalue weighted by atomic mass is 15.4. The van der Waals surface area contributed by atoms with E-state index in [0.717, 1.165) is 12.5 Å². The fourth-order valence-electron chi connectivity index (χ4n) is 1.82. The van der Waals surface area contributed by atoms with Gasteiger partial charge < -0.3 is 5.32 Å². The Morgan fingerprint density at radius 2 is 2.43 bits per heavy atom. The Bertz CT molecular complexity index is 290. The van der Waals surface area contributed by atoms with Crippen molar-refractivity contribution in [2.24, 2.45) is 13.0 Å². The van der Waals surface area contributed by atoms with Crippen molar-refractivity contribution in [1.29, 1.82) is 0 Å². The summed E-state index contributed by atoms with van der Waals surface area (Å²) in [4.78, 5) is 0. The van der Waals surface area contributed by atoms with Gasteiger partial charge in [-0.15, -0.1) is 5.10 Å². The van der Waals surface area contributed by atoms with Crippen molar-refractivity contribution < 1.29 is 0 Å². The predicted molar refractivity (Wildman–Crippen MR) is 54.8 cm³/mol. The standard InChI is InChI=1S/C10H18N4/c1-3-6-11-10(8-4-5-8)9-7-12-13-14(9)2/h7-8,10-11H,3-6H2,1-2H3. The number of nitrogens with one attached hydrogen (secondary N) is 1. The number of hydrogen-bond acceptors (Lipinski definition) is 3. The molecule has 4 nitrogen and oxygen atoms in total. The minimum Gasteiger partial charge on any atom is -0.308 e. The molecule has 1 aromatic rings. The van der Waals surface area contributed by atoms with Crippen molar-refractivity contribution in [2.75, 3.05) is 6.54 Å². The zero-order valence-electron chi connectivity index (χ0n) is 8.90. The molecule has 1 fully saturated rings. The molecule has 0 spiro atoms. The highest BCUT2D eigenvalue weighted by molar-refractivity contribution is 5.07. The molecule has 78 valence electrons. The summed E-state index contributed by atoms with van der Waals surface area (Å²) in [5.41, 5.74) is 1.22. The van der Waals surface area contributed by atoms with Crippen molar-refractivity contribution in [3.05, 3.63) is 11.9 Å². The summed E-state index contributed by atoms with van der Waals surface area (Å²) in [5.74, 6) is 0.804. The molecular formula is C10H18N4. The summed E-state index contributed by atoms with van der Waals surface area (Å²) in [7, 11) is 1.96. The fourth-order valence-corrected chi connectivity index (χ4v) is 1.82. The number of aromatic nitrogens is 3. The number of nitrogens with zero attached hydrogens (tertiary/aromatic N) is 3. The molecule has 14 heavy (non-hydrogen) atoms. The Balaban J connectivity index is 2.06. The van der Waals surface area contributed by atoms with E-state index in [0.29, 0.717) is 6.04 Å². The van der Waals surface area contributed by atoms with Crippen LogP contribution in [0, 0.1) is 5.92 Å². The monoisotopic (exact) mass is 194 g/mol. The molecule has 1 aliphatic carbocycles.